The quantitative estimate of drug-likeness (QED) is 0.272. The average molecular weight is 312 g/mol. The molecule has 0 fully saturated rings. The Morgan fingerprint density at radius 1 is 0.913 bits per heavy atom. The Kier molecular flexibility index (Phi) is 10.0. The van der Waals surface area contributed by atoms with Gasteiger partial charge in [-0.3, -0.25) is 4.99 Å². The van der Waals surface area contributed by atoms with Crippen LogP contribution in [0.5, 0.6) is 0 Å². The fraction of sp³-hybridized carbons (Fsp3) is 0.500. The summed E-state index contributed by atoms with van der Waals surface area (Å²) >= 11 is 0. The van der Waals surface area contributed by atoms with Crippen LogP contribution < -0.4 is 0 Å². The highest BCUT2D eigenvalue weighted by atomic mass is 14.7. The summed E-state index contributed by atoms with van der Waals surface area (Å²) in [6.45, 7) is 9.47. The SMILES string of the molecule is C\C=C/C(C)=C(C)\C=N\CCCCc1ccc(CCCC)cc1. The molecule has 0 aliphatic heterocycles. The Bertz CT molecular complexity index is 517. The van der Waals surface area contributed by atoms with Crippen LogP contribution in [0.4, 0.5) is 0 Å². The first-order valence-electron chi connectivity index (χ1n) is 9.05. The van der Waals surface area contributed by atoms with E-state index in [4.69, 9.17) is 0 Å². The van der Waals surface area contributed by atoms with Gasteiger partial charge in [0.1, 0.15) is 0 Å². The van der Waals surface area contributed by atoms with E-state index in [-0.39, 0.29) is 0 Å². The van der Waals surface area contributed by atoms with E-state index in [2.05, 4.69) is 62.2 Å². The van der Waals surface area contributed by atoms with Crippen LogP contribution in [0.25, 0.3) is 0 Å². The second-order valence-corrected chi connectivity index (χ2v) is 6.28. The van der Waals surface area contributed by atoms with E-state index in [1.165, 1.54) is 48.0 Å². The number of rotatable bonds is 10. The number of aliphatic imine (C=N–C) groups is 1. The minimum atomic E-state index is 0.926. The lowest BCUT2D eigenvalue weighted by molar-refractivity contribution is 0.746. The van der Waals surface area contributed by atoms with E-state index in [0.29, 0.717) is 0 Å². The molecule has 1 aromatic rings. The summed E-state index contributed by atoms with van der Waals surface area (Å²) in [7, 11) is 0. The normalized spacial score (nSPS) is 13.0. The van der Waals surface area contributed by atoms with E-state index < -0.39 is 0 Å². The van der Waals surface area contributed by atoms with Gasteiger partial charge < -0.3 is 0 Å². The molecule has 0 saturated heterocycles. The highest BCUT2D eigenvalue weighted by Gasteiger charge is 1.96. The van der Waals surface area contributed by atoms with Crippen molar-refractivity contribution < 1.29 is 0 Å². The van der Waals surface area contributed by atoms with Crippen molar-refractivity contribution in [2.24, 2.45) is 4.99 Å². The minimum absolute atomic E-state index is 0.926. The topological polar surface area (TPSA) is 12.4 Å². The van der Waals surface area contributed by atoms with Crippen LogP contribution in [-0.4, -0.2) is 12.8 Å². The van der Waals surface area contributed by atoms with E-state index in [1.807, 2.05) is 13.1 Å². The third-order valence-corrected chi connectivity index (χ3v) is 4.17. The summed E-state index contributed by atoms with van der Waals surface area (Å²) in [6, 6.07) is 9.17. The molecule has 1 aromatic carbocycles. The number of nitrogens with zero attached hydrogens (tertiary/aromatic N) is 1. The second-order valence-electron chi connectivity index (χ2n) is 6.28. The molecule has 23 heavy (non-hydrogen) atoms. The maximum absolute atomic E-state index is 4.54. The molecule has 0 unspecified atom stereocenters. The monoisotopic (exact) mass is 311 g/mol. The van der Waals surface area contributed by atoms with Crippen LogP contribution >= 0.6 is 0 Å². The molecule has 0 amide bonds. The van der Waals surface area contributed by atoms with Gasteiger partial charge in [-0.2, -0.15) is 0 Å². The number of unbranched alkanes of at least 4 members (excludes halogenated alkanes) is 2. The fourth-order valence-corrected chi connectivity index (χ4v) is 2.47. The molecule has 0 atom stereocenters. The first kappa shape index (κ1) is 19.4. The maximum Gasteiger partial charge on any atom is 0.0389 e. The molecule has 0 radical (unpaired) electrons. The molecule has 0 saturated carbocycles. The molecule has 0 aliphatic carbocycles. The summed E-state index contributed by atoms with van der Waals surface area (Å²) in [5.74, 6) is 0. The van der Waals surface area contributed by atoms with Gasteiger partial charge in [-0.25, -0.2) is 0 Å². The molecule has 1 rings (SSSR count). The molecule has 1 nitrogen and oxygen atoms in total. The Hall–Kier alpha value is -1.63. The first-order valence-corrected chi connectivity index (χ1v) is 9.05. The van der Waals surface area contributed by atoms with Crippen LogP contribution in [0.3, 0.4) is 0 Å². The van der Waals surface area contributed by atoms with Gasteiger partial charge in [0, 0.05) is 12.8 Å². The first-order chi connectivity index (χ1) is 11.2. The van der Waals surface area contributed by atoms with Gasteiger partial charge in [0.2, 0.25) is 0 Å². The summed E-state index contributed by atoms with van der Waals surface area (Å²) in [5, 5.41) is 0. The predicted octanol–water partition coefficient (Wildman–Crippen LogP) is 6.34. The lowest BCUT2D eigenvalue weighted by Gasteiger charge is -2.03. The van der Waals surface area contributed by atoms with Crippen molar-refractivity contribution in [1.29, 1.82) is 0 Å². The van der Waals surface area contributed by atoms with Crippen molar-refractivity contribution in [2.45, 2.75) is 66.2 Å². The third kappa shape index (κ3) is 8.54. The molecule has 1 heteroatoms. The Morgan fingerprint density at radius 3 is 2.09 bits per heavy atom. The van der Waals surface area contributed by atoms with Crippen molar-refractivity contribution in [2.75, 3.05) is 6.54 Å². The van der Waals surface area contributed by atoms with Crippen molar-refractivity contribution in [3.63, 3.8) is 0 Å². The molecule has 0 aromatic heterocycles. The molecule has 0 spiro atoms. The molecular weight excluding hydrogens is 278 g/mol. The standard InChI is InChI=1S/C22H33N/c1-5-7-11-21-13-15-22(16-14-21)12-8-9-17-23-18-20(4)19(3)10-6-2/h6,10,13-16,18H,5,7-9,11-12,17H2,1-4H3/b10-6-,20-19-,23-18+. The number of hydrogen-bond acceptors (Lipinski definition) is 1. The third-order valence-electron chi connectivity index (χ3n) is 4.17. The zero-order valence-electron chi connectivity index (χ0n) is 15.4. The van der Waals surface area contributed by atoms with Gasteiger partial charge in [-0.1, -0.05) is 49.8 Å². The van der Waals surface area contributed by atoms with Gasteiger partial charge in [-0.15, -0.1) is 0 Å². The van der Waals surface area contributed by atoms with Gasteiger partial charge in [0.05, 0.1) is 0 Å². The zero-order chi connectivity index (χ0) is 16.9. The van der Waals surface area contributed by atoms with Crippen molar-refractivity contribution in [3.05, 3.63) is 58.7 Å². The van der Waals surface area contributed by atoms with Crippen LogP contribution in [-0.2, 0) is 12.8 Å². The summed E-state index contributed by atoms with van der Waals surface area (Å²) in [5.41, 5.74) is 5.47. The Balaban J connectivity index is 2.26. The molecular formula is C22H33N. The summed E-state index contributed by atoms with van der Waals surface area (Å²) in [4.78, 5) is 4.54. The van der Waals surface area contributed by atoms with Gasteiger partial charge >= 0.3 is 0 Å². The number of allylic oxidation sites excluding steroid dienone is 4. The summed E-state index contributed by atoms with van der Waals surface area (Å²) < 4.78 is 0. The van der Waals surface area contributed by atoms with E-state index in [9.17, 15) is 0 Å². The number of aryl methyl sites for hydroxylation is 2. The van der Waals surface area contributed by atoms with Crippen LogP contribution in [0, 0.1) is 0 Å². The van der Waals surface area contributed by atoms with Crippen LogP contribution in [0.15, 0.2) is 52.6 Å². The van der Waals surface area contributed by atoms with E-state index in [0.717, 1.165) is 19.4 Å². The Labute approximate surface area is 143 Å². The summed E-state index contributed by atoms with van der Waals surface area (Å²) in [6.07, 6.45) is 13.5. The van der Waals surface area contributed by atoms with Gasteiger partial charge in [0.15, 0.2) is 0 Å². The van der Waals surface area contributed by atoms with Crippen LogP contribution in [0.1, 0.15) is 64.5 Å². The Morgan fingerprint density at radius 2 is 1.52 bits per heavy atom. The molecule has 0 N–H and O–H groups in total. The predicted molar refractivity (Wildman–Crippen MR) is 105 cm³/mol. The fourth-order valence-electron chi connectivity index (χ4n) is 2.47. The highest BCUT2D eigenvalue weighted by Crippen LogP contribution is 2.10. The van der Waals surface area contributed by atoms with E-state index >= 15 is 0 Å². The highest BCUT2D eigenvalue weighted by molar-refractivity contribution is 5.79. The molecule has 0 aliphatic rings. The minimum Gasteiger partial charge on any atom is -0.293 e. The lowest BCUT2D eigenvalue weighted by atomic mass is 10.0. The molecule has 126 valence electrons. The van der Waals surface area contributed by atoms with E-state index in [1.54, 1.807) is 0 Å². The zero-order valence-corrected chi connectivity index (χ0v) is 15.4. The van der Waals surface area contributed by atoms with Crippen LogP contribution in [0.2, 0.25) is 0 Å². The smallest absolute Gasteiger partial charge is 0.0389 e. The maximum atomic E-state index is 4.54. The molecule has 0 heterocycles. The van der Waals surface area contributed by atoms with Crippen molar-refractivity contribution in [3.8, 4) is 0 Å². The van der Waals surface area contributed by atoms with Crippen molar-refractivity contribution >= 4 is 6.21 Å². The van der Waals surface area contributed by atoms with Gasteiger partial charge in [-0.05, 0) is 75.1 Å². The second kappa shape index (κ2) is 11.9. The number of benzene rings is 1. The average Bonchev–Trinajstić information content (AvgIpc) is 2.57. The largest absolute Gasteiger partial charge is 0.293 e. The molecule has 0 bridgehead atoms. The lowest BCUT2D eigenvalue weighted by Crippen LogP contribution is -1.91. The number of hydrogen-bond donors (Lipinski definition) is 0. The van der Waals surface area contributed by atoms with Crippen molar-refractivity contribution in [1.82, 2.24) is 0 Å². The van der Waals surface area contributed by atoms with Gasteiger partial charge in [0.25, 0.3) is 0 Å².